The van der Waals surface area contributed by atoms with Crippen molar-refractivity contribution in [2.75, 3.05) is 44.2 Å². The van der Waals surface area contributed by atoms with Gasteiger partial charge in [0.05, 0.1) is 6.54 Å². The highest BCUT2D eigenvalue weighted by Crippen LogP contribution is 2.22. The molecule has 114 valence electrons. The van der Waals surface area contributed by atoms with Gasteiger partial charge in [-0.3, -0.25) is 9.69 Å². The molecule has 21 heavy (non-hydrogen) atoms. The molecule has 4 heteroatoms. The summed E-state index contributed by atoms with van der Waals surface area (Å²) < 4.78 is 0. The fourth-order valence-corrected chi connectivity index (χ4v) is 2.75. The smallest absolute Gasteiger partial charge is 0.234 e. The first kappa shape index (κ1) is 15.6. The summed E-state index contributed by atoms with van der Waals surface area (Å²) in [6, 6.07) is 6.60. The third kappa shape index (κ3) is 4.33. The van der Waals surface area contributed by atoms with Crippen LogP contribution < -0.4 is 10.2 Å². The summed E-state index contributed by atoms with van der Waals surface area (Å²) in [5.74, 6) is 0.0786. The Morgan fingerprint density at radius 3 is 2.62 bits per heavy atom. The van der Waals surface area contributed by atoms with Crippen molar-refractivity contribution in [2.24, 2.45) is 0 Å². The minimum atomic E-state index is 0.0786. The van der Waals surface area contributed by atoms with Gasteiger partial charge in [0.25, 0.3) is 0 Å². The lowest BCUT2D eigenvalue weighted by atomic mass is 10.1. The molecule has 4 nitrogen and oxygen atoms in total. The third-order valence-corrected chi connectivity index (χ3v) is 3.88. The summed E-state index contributed by atoms with van der Waals surface area (Å²) in [7, 11) is 0. The molecule has 0 aromatic heterocycles. The molecule has 1 aliphatic heterocycles. The average molecular weight is 287 g/mol. The minimum absolute atomic E-state index is 0.0786. The van der Waals surface area contributed by atoms with E-state index in [1.807, 2.05) is 0 Å². The van der Waals surface area contributed by atoms with Crippen molar-refractivity contribution >= 4 is 11.6 Å². The zero-order valence-corrected chi connectivity index (χ0v) is 13.1. The first-order valence-corrected chi connectivity index (χ1v) is 7.52. The predicted octanol–water partition coefficient (Wildman–Crippen LogP) is 1.73. The van der Waals surface area contributed by atoms with E-state index in [0.717, 1.165) is 26.2 Å². The largest absolute Gasteiger partial charge is 0.369 e. The van der Waals surface area contributed by atoms with Crippen LogP contribution in [-0.2, 0) is 4.79 Å². The molecule has 1 N–H and O–H groups in total. The van der Waals surface area contributed by atoms with Gasteiger partial charge in [-0.15, -0.1) is 6.58 Å². The standard InChI is InChI=1S/C17H25N3O/c1-4-7-18-17(21)13-19-8-10-20(11-9-19)16-6-5-14(2)12-15(16)3/h4-6,12H,1,7-11,13H2,2-3H3,(H,18,21). The second-order valence-electron chi connectivity index (χ2n) is 5.65. The predicted molar refractivity (Wildman–Crippen MR) is 87.8 cm³/mol. The maximum absolute atomic E-state index is 11.7. The van der Waals surface area contributed by atoms with Crippen molar-refractivity contribution in [3.8, 4) is 0 Å². The first-order chi connectivity index (χ1) is 10.1. The van der Waals surface area contributed by atoms with Crippen LogP contribution in [0.1, 0.15) is 11.1 Å². The summed E-state index contributed by atoms with van der Waals surface area (Å²) >= 11 is 0. The topological polar surface area (TPSA) is 35.6 Å². The molecule has 1 saturated heterocycles. The molecule has 0 bridgehead atoms. The van der Waals surface area contributed by atoms with Gasteiger partial charge in [-0.1, -0.05) is 23.8 Å². The van der Waals surface area contributed by atoms with Crippen LogP contribution in [0.5, 0.6) is 0 Å². The van der Waals surface area contributed by atoms with E-state index in [-0.39, 0.29) is 5.91 Å². The number of amides is 1. The molecule has 0 spiro atoms. The Morgan fingerprint density at radius 2 is 2.00 bits per heavy atom. The highest BCUT2D eigenvalue weighted by Gasteiger charge is 2.19. The number of piperazine rings is 1. The number of rotatable bonds is 5. The molecule has 1 heterocycles. The maximum Gasteiger partial charge on any atom is 0.234 e. The molecule has 1 aliphatic rings. The Morgan fingerprint density at radius 1 is 1.29 bits per heavy atom. The molecular weight excluding hydrogens is 262 g/mol. The van der Waals surface area contributed by atoms with E-state index in [0.29, 0.717) is 13.1 Å². The Bertz CT molecular complexity index is 505. The van der Waals surface area contributed by atoms with Gasteiger partial charge < -0.3 is 10.2 Å². The highest BCUT2D eigenvalue weighted by molar-refractivity contribution is 5.78. The number of nitrogens with zero attached hydrogens (tertiary/aromatic N) is 2. The van der Waals surface area contributed by atoms with E-state index in [4.69, 9.17) is 0 Å². The van der Waals surface area contributed by atoms with Gasteiger partial charge in [-0.05, 0) is 25.5 Å². The van der Waals surface area contributed by atoms with Crippen LogP contribution in [0.15, 0.2) is 30.9 Å². The lowest BCUT2D eigenvalue weighted by Crippen LogP contribution is -2.49. The Kier molecular flexibility index (Phi) is 5.39. The van der Waals surface area contributed by atoms with Crippen LogP contribution >= 0.6 is 0 Å². The molecule has 1 amide bonds. The van der Waals surface area contributed by atoms with Crippen molar-refractivity contribution in [2.45, 2.75) is 13.8 Å². The van der Waals surface area contributed by atoms with E-state index in [1.54, 1.807) is 6.08 Å². The number of nitrogens with one attached hydrogen (secondary N) is 1. The number of hydrogen-bond acceptors (Lipinski definition) is 3. The Balaban J connectivity index is 1.85. The van der Waals surface area contributed by atoms with Crippen LogP contribution in [0, 0.1) is 13.8 Å². The summed E-state index contributed by atoms with van der Waals surface area (Å²) in [4.78, 5) is 16.3. The fraction of sp³-hybridized carbons (Fsp3) is 0.471. The summed E-state index contributed by atoms with van der Waals surface area (Å²) in [6.07, 6.45) is 1.70. The molecule has 1 aromatic rings. The first-order valence-electron chi connectivity index (χ1n) is 7.52. The van der Waals surface area contributed by atoms with E-state index in [1.165, 1.54) is 16.8 Å². The van der Waals surface area contributed by atoms with E-state index in [9.17, 15) is 4.79 Å². The molecule has 0 radical (unpaired) electrons. The zero-order valence-electron chi connectivity index (χ0n) is 13.1. The monoisotopic (exact) mass is 287 g/mol. The molecule has 2 rings (SSSR count). The van der Waals surface area contributed by atoms with Crippen molar-refractivity contribution in [3.63, 3.8) is 0 Å². The third-order valence-electron chi connectivity index (χ3n) is 3.88. The molecule has 0 aliphatic carbocycles. The normalized spacial score (nSPS) is 15.8. The number of carbonyl (C=O) groups excluding carboxylic acids is 1. The summed E-state index contributed by atoms with van der Waals surface area (Å²) in [5, 5.41) is 2.83. The second kappa shape index (κ2) is 7.27. The molecule has 0 saturated carbocycles. The van der Waals surface area contributed by atoms with Crippen LogP contribution in [0.25, 0.3) is 0 Å². The van der Waals surface area contributed by atoms with E-state index >= 15 is 0 Å². The van der Waals surface area contributed by atoms with Gasteiger partial charge >= 0.3 is 0 Å². The van der Waals surface area contributed by atoms with Gasteiger partial charge in [-0.25, -0.2) is 0 Å². The number of hydrogen-bond donors (Lipinski definition) is 1. The molecule has 1 fully saturated rings. The Labute approximate surface area is 127 Å². The lowest BCUT2D eigenvalue weighted by molar-refractivity contribution is -0.122. The summed E-state index contributed by atoms with van der Waals surface area (Å²) in [6.45, 7) is 12.7. The van der Waals surface area contributed by atoms with Gasteiger partial charge in [0.15, 0.2) is 0 Å². The SMILES string of the molecule is C=CCNC(=O)CN1CCN(c2ccc(C)cc2C)CC1. The molecular formula is C17H25N3O. The lowest BCUT2D eigenvalue weighted by Gasteiger charge is -2.36. The highest BCUT2D eigenvalue weighted by atomic mass is 16.2. The Hall–Kier alpha value is -1.81. The molecule has 1 aromatic carbocycles. The number of benzene rings is 1. The van der Waals surface area contributed by atoms with Gasteiger partial charge in [0, 0.05) is 38.4 Å². The van der Waals surface area contributed by atoms with Gasteiger partial charge in [-0.2, -0.15) is 0 Å². The molecule has 0 atom stereocenters. The number of carbonyl (C=O) groups is 1. The van der Waals surface area contributed by atoms with Crippen LogP contribution in [0.2, 0.25) is 0 Å². The van der Waals surface area contributed by atoms with Crippen LogP contribution in [-0.4, -0.2) is 50.1 Å². The zero-order chi connectivity index (χ0) is 15.2. The quantitative estimate of drug-likeness (QED) is 0.838. The maximum atomic E-state index is 11.7. The van der Waals surface area contributed by atoms with Crippen LogP contribution in [0.3, 0.4) is 0 Å². The number of aryl methyl sites for hydroxylation is 2. The van der Waals surface area contributed by atoms with Crippen molar-refractivity contribution in [3.05, 3.63) is 42.0 Å². The molecule has 0 unspecified atom stereocenters. The van der Waals surface area contributed by atoms with Crippen molar-refractivity contribution < 1.29 is 4.79 Å². The van der Waals surface area contributed by atoms with Crippen LogP contribution in [0.4, 0.5) is 5.69 Å². The van der Waals surface area contributed by atoms with E-state index in [2.05, 4.69) is 53.7 Å². The average Bonchev–Trinajstić information content (AvgIpc) is 2.46. The fourth-order valence-electron chi connectivity index (χ4n) is 2.75. The van der Waals surface area contributed by atoms with Crippen molar-refractivity contribution in [1.29, 1.82) is 0 Å². The summed E-state index contributed by atoms with van der Waals surface area (Å²) in [5.41, 5.74) is 3.94. The van der Waals surface area contributed by atoms with Crippen molar-refractivity contribution in [1.82, 2.24) is 10.2 Å². The minimum Gasteiger partial charge on any atom is -0.369 e. The number of anilines is 1. The van der Waals surface area contributed by atoms with Gasteiger partial charge in [0.1, 0.15) is 0 Å². The van der Waals surface area contributed by atoms with Gasteiger partial charge in [0.2, 0.25) is 5.91 Å². The second-order valence-corrected chi connectivity index (χ2v) is 5.65. The van der Waals surface area contributed by atoms with E-state index < -0.39 is 0 Å².